The van der Waals surface area contributed by atoms with Crippen LogP contribution in [0.3, 0.4) is 0 Å². The minimum atomic E-state index is -0.895. The van der Waals surface area contributed by atoms with Gasteiger partial charge in [-0.3, -0.25) is 4.79 Å². The van der Waals surface area contributed by atoms with E-state index in [-0.39, 0.29) is 22.4 Å². The molecule has 0 spiro atoms. The van der Waals surface area contributed by atoms with Crippen LogP contribution in [0.1, 0.15) is 24.3 Å². The summed E-state index contributed by atoms with van der Waals surface area (Å²) in [5.74, 6) is -0.972. The van der Waals surface area contributed by atoms with E-state index in [2.05, 4.69) is 5.10 Å². The molecule has 1 aliphatic heterocycles. The van der Waals surface area contributed by atoms with E-state index in [1.54, 1.807) is 6.07 Å². The number of nitrogens with zero attached hydrogens (tertiary/aromatic N) is 3. The van der Waals surface area contributed by atoms with E-state index in [1.807, 2.05) is 60.7 Å². The lowest BCUT2D eigenvalue weighted by atomic mass is 10.0. The Morgan fingerprint density at radius 3 is 2.53 bits per heavy atom. The maximum atomic E-state index is 14.5. The topological polar surface area (TPSA) is 54.8 Å². The van der Waals surface area contributed by atoms with Crippen LogP contribution >= 0.6 is 11.6 Å². The van der Waals surface area contributed by atoms with Crippen molar-refractivity contribution >= 4 is 34.3 Å². The first-order valence-corrected chi connectivity index (χ1v) is 10.4. The van der Waals surface area contributed by atoms with E-state index in [4.69, 9.17) is 21.3 Å². The van der Waals surface area contributed by atoms with E-state index in [9.17, 15) is 9.18 Å². The zero-order valence-corrected chi connectivity index (χ0v) is 17.8. The molecule has 0 fully saturated rings. The molecular weight excluding hydrogens is 429 g/mol. The van der Waals surface area contributed by atoms with Crippen LogP contribution in [0, 0.1) is 5.82 Å². The molecule has 1 atom stereocenters. The first kappa shape index (κ1) is 20.2. The molecule has 0 saturated heterocycles. The molecule has 5 rings (SSSR count). The average Bonchev–Trinajstić information content (AvgIpc) is 3.24. The largest absolute Gasteiger partial charge is 0.446 e. The molecular formula is C25H17ClFN3O2. The highest BCUT2D eigenvalue weighted by Gasteiger charge is 2.36. The van der Waals surface area contributed by atoms with Crippen molar-refractivity contribution in [2.24, 2.45) is 5.10 Å². The highest BCUT2D eigenvalue weighted by molar-refractivity contribution is 6.33. The van der Waals surface area contributed by atoms with Crippen LogP contribution in [0.4, 0.5) is 4.39 Å². The fourth-order valence-corrected chi connectivity index (χ4v) is 3.98. The maximum Gasteiger partial charge on any atom is 0.245 e. The minimum Gasteiger partial charge on any atom is -0.446 e. The van der Waals surface area contributed by atoms with Gasteiger partial charge in [0.15, 0.2) is 0 Å². The average molecular weight is 446 g/mol. The number of pyridine rings is 1. The van der Waals surface area contributed by atoms with Crippen LogP contribution < -0.4 is 0 Å². The van der Waals surface area contributed by atoms with Gasteiger partial charge in [-0.15, -0.1) is 5.10 Å². The Kier molecular flexibility index (Phi) is 5.07. The second-order valence-corrected chi connectivity index (χ2v) is 7.72. The van der Waals surface area contributed by atoms with Crippen molar-refractivity contribution in [1.82, 2.24) is 9.99 Å². The molecule has 1 aliphatic rings. The molecule has 4 aromatic rings. The third-order valence-electron chi connectivity index (χ3n) is 5.23. The number of hydrogen-bond acceptors (Lipinski definition) is 4. The number of carbonyl (C=O) groups is 1. The lowest BCUT2D eigenvalue weighted by molar-refractivity contribution is -0.135. The zero-order chi connectivity index (χ0) is 22.2. The van der Waals surface area contributed by atoms with Gasteiger partial charge in [-0.2, -0.15) is 5.01 Å². The van der Waals surface area contributed by atoms with Crippen molar-refractivity contribution in [2.75, 3.05) is 0 Å². The summed E-state index contributed by atoms with van der Waals surface area (Å²) in [6.07, 6.45) is -0.895. The number of benzene rings is 3. The summed E-state index contributed by atoms with van der Waals surface area (Å²) < 4.78 is 20.6. The summed E-state index contributed by atoms with van der Waals surface area (Å²) in [5, 5.41) is 6.44. The van der Waals surface area contributed by atoms with E-state index < -0.39 is 12.0 Å². The molecule has 0 saturated carbocycles. The molecule has 0 aliphatic carbocycles. The van der Waals surface area contributed by atoms with Crippen molar-refractivity contribution < 1.29 is 13.9 Å². The Hall–Kier alpha value is -3.77. The van der Waals surface area contributed by atoms with E-state index in [0.29, 0.717) is 5.56 Å². The second kappa shape index (κ2) is 8.05. The Labute approximate surface area is 188 Å². The second-order valence-electron chi connectivity index (χ2n) is 7.32. The summed E-state index contributed by atoms with van der Waals surface area (Å²) in [5.41, 5.74) is 3.10. The smallest absolute Gasteiger partial charge is 0.245 e. The molecule has 158 valence electrons. The highest BCUT2D eigenvalue weighted by atomic mass is 35.5. The third-order valence-corrected chi connectivity index (χ3v) is 5.54. The number of halogens is 2. The number of para-hydroxylation sites is 1. The van der Waals surface area contributed by atoms with Gasteiger partial charge in [0.25, 0.3) is 0 Å². The number of hydrazone groups is 1. The lowest BCUT2D eigenvalue weighted by Crippen LogP contribution is -2.25. The molecule has 2 heterocycles. The quantitative estimate of drug-likeness (QED) is 0.392. The maximum absolute atomic E-state index is 14.5. The molecule has 0 N–H and O–H groups in total. The van der Waals surface area contributed by atoms with Gasteiger partial charge < -0.3 is 4.74 Å². The van der Waals surface area contributed by atoms with E-state index in [0.717, 1.165) is 22.2 Å². The number of aromatic nitrogens is 1. The number of carbonyl (C=O) groups excluding carboxylic acids is 1. The monoisotopic (exact) mass is 445 g/mol. The minimum absolute atomic E-state index is 0.0181. The van der Waals surface area contributed by atoms with Gasteiger partial charge in [-0.05, 0) is 24.3 Å². The number of fused-ring (bicyclic) bond motifs is 1. The van der Waals surface area contributed by atoms with Crippen molar-refractivity contribution in [3.63, 3.8) is 0 Å². The van der Waals surface area contributed by atoms with Crippen molar-refractivity contribution in [3.05, 3.63) is 101 Å². The number of hydrogen-bond donors (Lipinski definition) is 0. The number of rotatable bonds is 3. The Morgan fingerprint density at radius 1 is 1.03 bits per heavy atom. The van der Waals surface area contributed by atoms with Crippen molar-refractivity contribution in [3.8, 4) is 11.3 Å². The fraction of sp³-hybridized carbons (Fsp3) is 0.0800. The summed E-state index contributed by atoms with van der Waals surface area (Å²) in [7, 11) is 0. The molecule has 5 nitrogen and oxygen atoms in total. The molecule has 32 heavy (non-hydrogen) atoms. The van der Waals surface area contributed by atoms with Gasteiger partial charge >= 0.3 is 0 Å². The van der Waals surface area contributed by atoms with Crippen LogP contribution in [0.15, 0.2) is 84.0 Å². The van der Waals surface area contributed by atoms with Crippen molar-refractivity contribution in [1.29, 1.82) is 0 Å². The van der Waals surface area contributed by atoms with Crippen molar-refractivity contribution in [2.45, 2.75) is 13.2 Å². The normalized spacial score (nSPS) is 15.5. The van der Waals surface area contributed by atoms with Gasteiger partial charge in [0.1, 0.15) is 5.82 Å². The lowest BCUT2D eigenvalue weighted by Gasteiger charge is -2.21. The number of ether oxygens (including phenoxy) is 1. The van der Waals surface area contributed by atoms with Gasteiger partial charge in [0.05, 0.1) is 21.8 Å². The van der Waals surface area contributed by atoms with Crippen LogP contribution in [0.25, 0.3) is 22.2 Å². The predicted molar refractivity (Wildman–Crippen MR) is 121 cm³/mol. The molecule has 0 unspecified atom stereocenters. The van der Waals surface area contributed by atoms with Crippen LogP contribution in [-0.4, -0.2) is 21.8 Å². The molecule has 3 aromatic carbocycles. The summed E-state index contributed by atoms with van der Waals surface area (Å²) in [6, 6.07) is 23.5. The van der Waals surface area contributed by atoms with Gasteiger partial charge in [0.2, 0.25) is 18.0 Å². The van der Waals surface area contributed by atoms with Crippen LogP contribution in [0.5, 0.6) is 0 Å². The summed E-state index contributed by atoms with van der Waals surface area (Å²) in [4.78, 5) is 17.2. The van der Waals surface area contributed by atoms with Gasteiger partial charge in [-0.1, -0.05) is 66.2 Å². The highest BCUT2D eigenvalue weighted by Crippen LogP contribution is 2.37. The van der Waals surface area contributed by atoms with Crippen LogP contribution in [-0.2, 0) is 9.53 Å². The zero-order valence-electron chi connectivity index (χ0n) is 17.0. The Bertz CT molecular complexity index is 1350. The standard InChI is InChI=1S/C25H17ClFN3O2/c1-15(31)30-25(32-24(29-30)23-19(26)11-7-12-20(23)27)18-14-22(16-8-3-2-4-9-16)28-21-13-6-5-10-17(18)21/h2-14,25H,1H3/t25-/m1/s1. The SMILES string of the molecule is CC(=O)N1N=C(c2c(F)cccc2Cl)O[C@@H]1c1cc(-c2ccccc2)nc2ccccc12. The van der Waals surface area contributed by atoms with E-state index >= 15 is 0 Å². The predicted octanol–water partition coefficient (Wildman–Crippen LogP) is 5.93. The number of amides is 1. The molecule has 1 aromatic heterocycles. The molecule has 7 heteroatoms. The fourth-order valence-electron chi connectivity index (χ4n) is 3.73. The first-order chi connectivity index (χ1) is 15.5. The Morgan fingerprint density at radius 2 is 1.78 bits per heavy atom. The van der Waals surface area contributed by atoms with E-state index in [1.165, 1.54) is 24.1 Å². The summed E-state index contributed by atoms with van der Waals surface area (Å²) >= 11 is 6.22. The van der Waals surface area contributed by atoms with Crippen LogP contribution in [0.2, 0.25) is 5.02 Å². The molecule has 0 radical (unpaired) electrons. The Balaban J connectivity index is 1.67. The summed E-state index contributed by atoms with van der Waals surface area (Å²) in [6.45, 7) is 1.38. The molecule has 1 amide bonds. The first-order valence-electron chi connectivity index (χ1n) is 9.97. The van der Waals surface area contributed by atoms with Gasteiger partial charge in [-0.25, -0.2) is 9.37 Å². The van der Waals surface area contributed by atoms with Gasteiger partial charge in [0, 0.05) is 23.4 Å². The molecule has 0 bridgehead atoms. The third kappa shape index (κ3) is 3.48.